The van der Waals surface area contributed by atoms with E-state index in [4.69, 9.17) is 4.74 Å². The molecule has 3 nitrogen and oxygen atoms in total. The first-order valence-electron chi connectivity index (χ1n) is 6.34. The Labute approximate surface area is 110 Å². The third-order valence-electron chi connectivity index (χ3n) is 2.18. The molecule has 102 valence electrons. The van der Waals surface area contributed by atoms with Gasteiger partial charge in [0, 0.05) is 11.8 Å². The van der Waals surface area contributed by atoms with E-state index in [1.807, 2.05) is 27.7 Å². The van der Waals surface area contributed by atoms with Crippen molar-refractivity contribution in [3.8, 4) is 0 Å². The van der Waals surface area contributed by atoms with Crippen molar-refractivity contribution in [2.24, 2.45) is 5.92 Å². The van der Waals surface area contributed by atoms with Crippen molar-refractivity contribution in [1.82, 2.24) is 5.32 Å². The predicted octanol–water partition coefficient (Wildman–Crippen LogP) is 2.70. The fourth-order valence-electron chi connectivity index (χ4n) is 1.59. The third kappa shape index (κ3) is 6.94. The molecule has 0 aromatic heterocycles. The van der Waals surface area contributed by atoms with Crippen LogP contribution in [-0.4, -0.2) is 35.7 Å². The molecule has 0 bridgehead atoms. The summed E-state index contributed by atoms with van der Waals surface area (Å²) in [6.45, 7) is 12.7. The lowest BCUT2D eigenvalue weighted by molar-refractivity contribution is -0.149. The van der Waals surface area contributed by atoms with Crippen LogP contribution in [0.15, 0.2) is 0 Å². The molecule has 0 rings (SSSR count). The van der Waals surface area contributed by atoms with Crippen molar-refractivity contribution in [3.05, 3.63) is 0 Å². The average molecular weight is 261 g/mol. The summed E-state index contributed by atoms with van der Waals surface area (Å²) in [4.78, 5) is 12.0. The minimum Gasteiger partial charge on any atom is -0.465 e. The average Bonchev–Trinajstić information content (AvgIpc) is 2.16. The fraction of sp³-hybridized carbons (Fsp3) is 0.923. The SMILES string of the molecule is CCOC(=O)C(C)(CSCC(C)C)NC(C)C. The summed E-state index contributed by atoms with van der Waals surface area (Å²) in [5.41, 5.74) is -0.580. The van der Waals surface area contributed by atoms with Gasteiger partial charge in [-0.3, -0.25) is 10.1 Å². The second-order valence-corrected chi connectivity index (χ2v) is 6.29. The molecule has 0 aliphatic rings. The van der Waals surface area contributed by atoms with E-state index in [0.717, 1.165) is 11.5 Å². The van der Waals surface area contributed by atoms with Crippen molar-refractivity contribution in [3.63, 3.8) is 0 Å². The molecule has 0 aliphatic carbocycles. The molecule has 0 aliphatic heterocycles. The highest BCUT2D eigenvalue weighted by molar-refractivity contribution is 7.99. The fourth-order valence-corrected chi connectivity index (χ4v) is 2.78. The number of nitrogens with one attached hydrogen (secondary N) is 1. The summed E-state index contributed by atoms with van der Waals surface area (Å²) in [6.07, 6.45) is 0. The Morgan fingerprint density at radius 1 is 1.35 bits per heavy atom. The number of rotatable bonds is 8. The minimum atomic E-state index is -0.580. The summed E-state index contributed by atoms with van der Waals surface area (Å²) in [5, 5.41) is 3.32. The van der Waals surface area contributed by atoms with E-state index >= 15 is 0 Å². The van der Waals surface area contributed by atoms with Gasteiger partial charge in [0.1, 0.15) is 5.54 Å². The highest BCUT2D eigenvalue weighted by Gasteiger charge is 2.34. The number of esters is 1. The van der Waals surface area contributed by atoms with Crippen LogP contribution in [0.3, 0.4) is 0 Å². The molecular formula is C13H27NO2S. The highest BCUT2D eigenvalue weighted by atomic mass is 32.2. The van der Waals surface area contributed by atoms with Crippen LogP contribution in [-0.2, 0) is 9.53 Å². The number of hydrogen-bond donors (Lipinski definition) is 1. The van der Waals surface area contributed by atoms with Crippen molar-refractivity contribution in [2.75, 3.05) is 18.1 Å². The Balaban J connectivity index is 4.43. The van der Waals surface area contributed by atoms with Crippen molar-refractivity contribution in [1.29, 1.82) is 0 Å². The van der Waals surface area contributed by atoms with Crippen molar-refractivity contribution >= 4 is 17.7 Å². The van der Waals surface area contributed by atoms with E-state index in [1.165, 1.54) is 0 Å². The van der Waals surface area contributed by atoms with Gasteiger partial charge in [0.2, 0.25) is 0 Å². The molecule has 1 unspecified atom stereocenters. The molecular weight excluding hydrogens is 234 g/mol. The minimum absolute atomic E-state index is 0.148. The summed E-state index contributed by atoms with van der Waals surface area (Å²) in [7, 11) is 0. The standard InChI is InChI=1S/C13H27NO2S/c1-7-16-12(15)13(6,14-11(4)5)9-17-8-10(2)3/h10-11,14H,7-9H2,1-6H3. The molecule has 0 aromatic rings. The van der Waals surface area contributed by atoms with Crippen LogP contribution in [0.2, 0.25) is 0 Å². The number of ether oxygens (including phenoxy) is 1. The van der Waals surface area contributed by atoms with Crippen molar-refractivity contribution in [2.45, 2.75) is 53.1 Å². The first-order chi connectivity index (χ1) is 7.81. The third-order valence-corrected chi connectivity index (χ3v) is 3.86. The molecule has 0 heterocycles. The maximum Gasteiger partial charge on any atom is 0.326 e. The van der Waals surface area contributed by atoms with E-state index in [1.54, 1.807) is 11.8 Å². The van der Waals surface area contributed by atoms with Crippen LogP contribution in [0.1, 0.15) is 41.5 Å². The number of hydrogen-bond acceptors (Lipinski definition) is 4. The van der Waals surface area contributed by atoms with Crippen molar-refractivity contribution < 1.29 is 9.53 Å². The molecule has 4 heteroatoms. The normalized spacial score (nSPS) is 15.1. The van der Waals surface area contributed by atoms with E-state index in [2.05, 4.69) is 19.2 Å². The van der Waals surface area contributed by atoms with Crippen LogP contribution in [0.4, 0.5) is 0 Å². The molecule has 0 amide bonds. The molecule has 17 heavy (non-hydrogen) atoms. The van der Waals surface area contributed by atoms with E-state index < -0.39 is 5.54 Å². The summed E-state index contributed by atoms with van der Waals surface area (Å²) >= 11 is 1.80. The van der Waals surface area contributed by atoms with Crippen LogP contribution >= 0.6 is 11.8 Å². The maximum absolute atomic E-state index is 12.0. The number of carbonyl (C=O) groups is 1. The van der Waals surface area contributed by atoms with Crippen LogP contribution in [0, 0.1) is 5.92 Å². The van der Waals surface area contributed by atoms with Crippen LogP contribution in [0.25, 0.3) is 0 Å². The van der Waals surface area contributed by atoms with Crippen LogP contribution < -0.4 is 5.32 Å². The van der Waals surface area contributed by atoms with Gasteiger partial charge in [-0.25, -0.2) is 0 Å². The Hall–Kier alpha value is -0.220. The summed E-state index contributed by atoms with van der Waals surface area (Å²) < 4.78 is 5.15. The van der Waals surface area contributed by atoms with Gasteiger partial charge >= 0.3 is 5.97 Å². The topological polar surface area (TPSA) is 38.3 Å². The second-order valence-electron chi connectivity index (χ2n) is 5.26. The highest BCUT2D eigenvalue weighted by Crippen LogP contribution is 2.18. The van der Waals surface area contributed by atoms with Gasteiger partial charge in [-0.2, -0.15) is 11.8 Å². The lowest BCUT2D eigenvalue weighted by Crippen LogP contribution is -2.55. The van der Waals surface area contributed by atoms with Gasteiger partial charge in [-0.1, -0.05) is 13.8 Å². The lowest BCUT2D eigenvalue weighted by Gasteiger charge is -2.30. The van der Waals surface area contributed by atoms with Gasteiger partial charge < -0.3 is 4.74 Å². The van der Waals surface area contributed by atoms with Gasteiger partial charge in [-0.05, 0) is 39.4 Å². The Morgan fingerprint density at radius 3 is 2.35 bits per heavy atom. The summed E-state index contributed by atoms with van der Waals surface area (Å²) in [5.74, 6) is 2.31. The Bertz CT molecular complexity index is 231. The monoisotopic (exact) mass is 261 g/mol. The smallest absolute Gasteiger partial charge is 0.326 e. The zero-order chi connectivity index (χ0) is 13.5. The molecule has 0 saturated carbocycles. The zero-order valence-corrected chi connectivity index (χ0v) is 12.8. The second kappa shape index (κ2) is 7.98. The number of thioether (sulfide) groups is 1. The molecule has 1 atom stereocenters. The quantitative estimate of drug-likeness (QED) is 0.682. The van der Waals surface area contributed by atoms with Gasteiger partial charge in [-0.15, -0.1) is 0 Å². The molecule has 1 N–H and O–H groups in total. The van der Waals surface area contributed by atoms with E-state index in [0.29, 0.717) is 12.5 Å². The Morgan fingerprint density at radius 2 is 1.94 bits per heavy atom. The number of carbonyl (C=O) groups excluding carboxylic acids is 1. The molecule has 0 aromatic carbocycles. The predicted molar refractivity (Wildman–Crippen MR) is 75.5 cm³/mol. The van der Waals surface area contributed by atoms with E-state index in [9.17, 15) is 4.79 Å². The zero-order valence-electron chi connectivity index (χ0n) is 12.0. The molecule has 0 saturated heterocycles. The van der Waals surface area contributed by atoms with Crippen LogP contribution in [0.5, 0.6) is 0 Å². The van der Waals surface area contributed by atoms with E-state index in [-0.39, 0.29) is 12.0 Å². The lowest BCUT2D eigenvalue weighted by atomic mass is 10.0. The largest absolute Gasteiger partial charge is 0.465 e. The van der Waals surface area contributed by atoms with Gasteiger partial charge in [0.05, 0.1) is 6.61 Å². The Kier molecular flexibility index (Phi) is 7.88. The molecule has 0 spiro atoms. The van der Waals surface area contributed by atoms with Gasteiger partial charge in [0.25, 0.3) is 0 Å². The molecule has 0 fully saturated rings. The maximum atomic E-state index is 12.0. The summed E-state index contributed by atoms with van der Waals surface area (Å²) in [6, 6.07) is 0.268. The first kappa shape index (κ1) is 16.8. The molecule has 0 radical (unpaired) electrons. The van der Waals surface area contributed by atoms with Gasteiger partial charge in [0.15, 0.2) is 0 Å². The first-order valence-corrected chi connectivity index (χ1v) is 7.50.